The number of carbonyl (C=O) groups excluding carboxylic acids is 6. The monoisotopic (exact) mass is 1460 g/mol. The summed E-state index contributed by atoms with van der Waals surface area (Å²) in [5, 5.41) is 42.6. The van der Waals surface area contributed by atoms with Crippen molar-refractivity contribution < 1.29 is 91.8 Å². The molecule has 19 rings (SSSR count). The Balaban J connectivity index is 0.000000130. The zero-order valence-corrected chi connectivity index (χ0v) is 67.9. The molecule has 0 radical (unpaired) electrons. The zero-order chi connectivity index (χ0) is 76.8. The lowest BCUT2D eigenvalue weighted by molar-refractivity contribution is -0.265. The van der Waals surface area contributed by atoms with E-state index in [9.17, 15) is 49.2 Å². The van der Waals surface area contributed by atoms with Gasteiger partial charge in [0, 0.05) is 49.4 Å². The molecular weight excluding hydrogens is 1320 g/mol. The van der Waals surface area contributed by atoms with E-state index >= 15 is 0 Å². The van der Waals surface area contributed by atoms with Crippen molar-refractivity contribution >= 4 is 35.8 Å². The summed E-state index contributed by atoms with van der Waals surface area (Å²) in [5.74, 6) is 3.69. The number of aliphatic hydroxyl groups is 4. The maximum atomic E-state index is 12.6. The Labute approximate surface area is 622 Å². The van der Waals surface area contributed by atoms with Gasteiger partial charge < -0.3 is 63.1 Å². The molecule has 0 aromatic heterocycles. The van der Waals surface area contributed by atoms with Crippen molar-refractivity contribution in [1.82, 2.24) is 0 Å². The third kappa shape index (κ3) is 16.1. The van der Waals surface area contributed by atoms with Gasteiger partial charge in [0.1, 0.15) is 28.5 Å². The minimum absolute atomic E-state index is 0.00857. The molecule has 19 heteroatoms. The molecule has 3 saturated heterocycles. The summed E-state index contributed by atoms with van der Waals surface area (Å²) in [5.41, 5.74) is -7.18. The van der Waals surface area contributed by atoms with Crippen LogP contribution in [0, 0.1) is 85.2 Å². The first-order chi connectivity index (χ1) is 47.7. The minimum atomic E-state index is -1.07. The Morgan fingerprint density at radius 2 is 0.683 bits per heavy atom. The number of ether oxygens (including phenoxy) is 9. The van der Waals surface area contributed by atoms with Gasteiger partial charge in [0.15, 0.2) is 24.3 Å². The predicted molar refractivity (Wildman–Crippen MR) is 390 cm³/mol. The summed E-state index contributed by atoms with van der Waals surface area (Å²) in [6.45, 7) is 41.4. The summed E-state index contributed by atoms with van der Waals surface area (Å²) >= 11 is 0. The highest BCUT2D eigenvalue weighted by Gasteiger charge is 2.69. The molecular formula is C85H138O19. The number of fused-ring (bicyclic) bond motifs is 3. The fraction of sp³-hybridized carbons (Fsp3) is 0.929. The predicted octanol–water partition coefficient (Wildman–Crippen LogP) is 15.4. The van der Waals surface area contributed by atoms with Gasteiger partial charge in [0.05, 0.1) is 49.5 Å². The second-order valence-electron chi connectivity index (χ2n) is 42.2. The summed E-state index contributed by atoms with van der Waals surface area (Å²) < 4.78 is 51.7. The van der Waals surface area contributed by atoms with Gasteiger partial charge in [-0.2, -0.15) is 0 Å². The molecule has 0 spiro atoms. The average molecular weight is 1460 g/mol. The third-order valence-corrected chi connectivity index (χ3v) is 30.1. The van der Waals surface area contributed by atoms with Crippen LogP contribution in [0.3, 0.4) is 0 Å². The van der Waals surface area contributed by atoms with Gasteiger partial charge in [-0.25, -0.2) is 4.79 Å². The molecule has 9 unspecified atom stereocenters. The first kappa shape index (κ1) is 81.5. The van der Waals surface area contributed by atoms with Crippen LogP contribution in [0.15, 0.2) is 0 Å². The smallest absolute Gasteiger partial charge is 0.350 e. The summed E-state index contributed by atoms with van der Waals surface area (Å²) in [6, 6.07) is 0. The highest BCUT2D eigenvalue weighted by atomic mass is 16.9. The summed E-state index contributed by atoms with van der Waals surface area (Å²) in [4.78, 5) is 74.2. The number of rotatable bonds is 17. The Morgan fingerprint density at radius 1 is 0.385 bits per heavy atom. The standard InChI is InChI=1S/2C19H32O2.2C16H26O4.C15H22O7/c2*1-6-17(2,3)16(20)21-18(4,5)19-10-13-7-14(11-19)9-15(8-13)12-19;2*1-4-13(2,3)12(17)20-16-7-11-5-14(18,9-16)8-15(19,6-11)10-16;1-6-14(2,3)13(17)20-9-7-8(18-11(9)16)10-12(19-7)22-15(4,5)21-10/h2*13-15H,6-12H2,1-5H3;2*11,18-19H,4-10H2,1-3H3;7-10,12H,6H2,1-5H3. The van der Waals surface area contributed by atoms with E-state index in [1.807, 2.05) is 76.2 Å². The lowest BCUT2D eigenvalue weighted by atomic mass is 9.46. The maximum Gasteiger partial charge on any atom is 0.350 e. The Kier molecular flexibility index (Phi) is 21.5. The molecule has 19 fully saturated rings. The molecule has 104 heavy (non-hydrogen) atoms. The van der Waals surface area contributed by atoms with Crippen LogP contribution in [0.1, 0.15) is 332 Å². The number of esters is 6. The molecule has 0 aromatic carbocycles. The van der Waals surface area contributed by atoms with Gasteiger partial charge in [-0.15, -0.1) is 0 Å². The van der Waals surface area contributed by atoms with Crippen LogP contribution in [-0.2, 0) is 71.4 Å². The highest BCUT2D eigenvalue weighted by Crippen LogP contribution is 2.67. The van der Waals surface area contributed by atoms with Crippen LogP contribution in [-0.4, -0.2) is 138 Å². The molecule has 16 bridgehead atoms. The quantitative estimate of drug-likeness (QED) is 0.0778. The van der Waals surface area contributed by atoms with Gasteiger partial charge >= 0.3 is 35.8 Å². The molecule has 0 amide bonds. The lowest BCUT2D eigenvalue weighted by Gasteiger charge is -2.62. The van der Waals surface area contributed by atoms with Gasteiger partial charge in [-0.1, -0.05) is 34.6 Å². The van der Waals surface area contributed by atoms with Crippen molar-refractivity contribution in [3.8, 4) is 0 Å². The van der Waals surface area contributed by atoms with E-state index in [0.717, 1.165) is 99.7 Å². The van der Waals surface area contributed by atoms with Crippen LogP contribution >= 0.6 is 0 Å². The fourth-order valence-electron chi connectivity index (χ4n) is 23.4. The van der Waals surface area contributed by atoms with Gasteiger partial charge in [-0.3, -0.25) is 24.0 Å². The Hall–Kier alpha value is -3.46. The van der Waals surface area contributed by atoms with Gasteiger partial charge in [0.25, 0.3) is 0 Å². The molecule has 9 atom stereocenters. The number of carbonyl (C=O) groups is 6. The average Bonchev–Trinajstić information content (AvgIpc) is 1.01. The van der Waals surface area contributed by atoms with Crippen LogP contribution in [0.25, 0.3) is 0 Å². The second-order valence-corrected chi connectivity index (χ2v) is 42.2. The first-order valence-corrected chi connectivity index (χ1v) is 40.9. The molecule has 4 N–H and O–H groups in total. The minimum Gasteiger partial charge on any atom is -0.459 e. The zero-order valence-electron chi connectivity index (χ0n) is 67.9. The number of hydrogen-bond acceptors (Lipinski definition) is 19. The molecule has 592 valence electrons. The maximum absolute atomic E-state index is 12.6. The van der Waals surface area contributed by atoms with E-state index < -0.39 is 98.3 Å². The highest BCUT2D eigenvalue weighted by molar-refractivity contribution is 5.84. The van der Waals surface area contributed by atoms with Crippen molar-refractivity contribution in [2.75, 3.05) is 0 Å². The van der Waals surface area contributed by atoms with Crippen molar-refractivity contribution in [3.05, 3.63) is 0 Å². The van der Waals surface area contributed by atoms with E-state index in [-0.39, 0.29) is 68.6 Å². The van der Waals surface area contributed by atoms with Crippen LogP contribution in [0.4, 0.5) is 0 Å². The SMILES string of the molecule is CCC(C)(C)C(=O)OC(C)(C)C12CC3CC(CC(C3)C1)C2.CCC(C)(C)C(=O)OC(C)(C)C12CC3CC(CC(C3)C1)C2.CCC(C)(C)C(=O)OC12CC3CC(O)(CC(O)(C3)C1)C2.CCC(C)(C)C(=O)OC12CC3CC(O)(CC(O)(C3)C1)C2.CCC(C)(C)C(=O)OC1C(=O)OC2C3OC(C)(C)OC3OC12. The van der Waals surface area contributed by atoms with Crippen molar-refractivity contribution in [2.24, 2.45) is 85.2 Å². The van der Waals surface area contributed by atoms with Crippen molar-refractivity contribution in [2.45, 2.75) is 413 Å². The van der Waals surface area contributed by atoms with Crippen LogP contribution in [0.2, 0.25) is 0 Å². The molecule has 16 saturated carbocycles. The van der Waals surface area contributed by atoms with E-state index in [1.165, 1.54) is 77.0 Å². The van der Waals surface area contributed by atoms with Crippen molar-refractivity contribution in [1.29, 1.82) is 0 Å². The molecule has 3 aliphatic heterocycles. The Morgan fingerprint density at radius 3 is 0.981 bits per heavy atom. The van der Waals surface area contributed by atoms with Gasteiger partial charge in [0.2, 0.25) is 6.10 Å². The van der Waals surface area contributed by atoms with E-state index in [4.69, 9.17) is 42.6 Å². The van der Waals surface area contributed by atoms with E-state index in [1.54, 1.807) is 27.7 Å². The van der Waals surface area contributed by atoms with Gasteiger partial charge in [-0.05, 0) is 306 Å². The number of hydrogen-bond donors (Lipinski definition) is 4. The van der Waals surface area contributed by atoms with Crippen molar-refractivity contribution in [3.63, 3.8) is 0 Å². The molecule has 0 aromatic rings. The summed E-state index contributed by atoms with van der Waals surface area (Å²) in [6.07, 6.45) is 24.0. The third-order valence-electron chi connectivity index (χ3n) is 30.1. The first-order valence-electron chi connectivity index (χ1n) is 40.9. The van der Waals surface area contributed by atoms with E-state index in [2.05, 4.69) is 41.5 Å². The summed E-state index contributed by atoms with van der Waals surface area (Å²) in [7, 11) is 0. The second kappa shape index (κ2) is 27.5. The Bertz CT molecular complexity index is 2950. The lowest BCUT2D eigenvalue weighted by Crippen LogP contribution is -2.67. The molecule has 3 heterocycles. The topological polar surface area (TPSA) is 266 Å². The largest absolute Gasteiger partial charge is 0.459 e. The fourth-order valence-corrected chi connectivity index (χ4v) is 23.4. The van der Waals surface area contributed by atoms with E-state index in [0.29, 0.717) is 44.9 Å². The van der Waals surface area contributed by atoms with Crippen LogP contribution in [0.5, 0.6) is 0 Å². The normalized spacial score (nSPS) is 41.8. The molecule has 16 aliphatic carbocycles. The molecule has 19 aliphatic rings. The van der Waals surface area contributed by atoms with Crippen LogP contribution < -0.4 is 0 Å². The molecule has 19 nitrogen and oxygen atoms in total.